The molecule has 1 unspecified atom stereocenters. The molecule has 0 fully saturated rings. The van der Waals surface area contributed by atoms with Gasteiger partial charge in [-0.3, -0.25) is 0 Å². The second-order valence-corrected chi connectivity index (χ2v) is 5.64. The molecule has 106 valence electrons. The van der Waals surface area contributed by atoms with Gasteiger partial charge in [0, 0.05) is 22.9 Å². The molecule has 0 saturated heterocycles. The minimum absolute atomic E-state index is 0.128. The highest BCUT2D eigenvalue weighted by Gasteiger charge is 2.25. The summed E-state index contributed by atoms with van der Waals surface area (Å²) in [4.78, 5) is 0. The fourth-order valence-corrected chi connectivity index (χ4v) is 2.88. The van der Waals surface area contributed by atoms with E-state index in [-0.39, 0.29) is 5.92 Å². The Morgan fingerprint density at radius 1 is 1.10 bits per heavy atom. The number of benzene rings is 2. The Labute approximate surface area is 129 Å². The van der Waals surface area contributed by atoms with Crippen LogP contribution >= 0.6 is 11.6 Å². The SMILES string of the molecule is Cc1cc(Cl)ccc1C1=NN=C(N)CC1c1ccccc1. The first-order valence-electron chi connectivity index (χ1n) is 6.86. The van der Waals surface area contributed by atoms with Crippen LogP contribution in [0.4, 0.5) is 0 Å². The second kappa shape index (κ2) is 5.70. The van der Waals surface area contributed by atoms with Gasteiger partial charge in [-0.15, -0.1) is 5.10 Å². The van der Waals surface area contributed by atoms with E-state index in [0.29, 0.717) is 12.3 Å². The second-order valence-electron chi connectivity index (χ2n) is 5.20. The first-order valence-corrected chi connectivity index (χ1v) is 7.24. The van der Waals surface area contributed by atoms with Crippen molar-refractivity contribution < 1.29 is 0 Å². The molecule has 3 rings (SSSR count). The van der Waals surface area contributed by atoms with Crippen molar-refractivity contribution in [2.24, 2.45) is 15.9 Å². The lowest BCUT2D eigenvalue weighted by molar-refractivity contribution is 0.886. The molecule has 0 spiro atoms. The van der Waals surface area contributed by atoms with E-state index in [1.54, 1.807) is 0 Å². The summed E-state index contributed by atoms with van der Waals surface area (Å²) in [5, 5.41) is 9.17. The first-order chi connectivity index (χ1) is 10.1. The number of halogens is 1. The van der Waals surface area contributed by atoms with Crippen LogP contribution in [0.15, 0.2) is 58.7 Å². The van der Waals surface area contributed by atoms with Gasteiger partial charge in [0.25, 0.3) is 0 Å². The molecule has 2 aromatic rings. The molecule has 4 heteroatoms. The van der Waals surface area contributed by atoms with E-state index in [1.807, 2.05) is 43.3 Å². The molecule has 0 saturated carbocycles. The van der Waals surface area contributed by atoms with Crippen LogP contribution in [0, 0.1) is 6.92 Å². The van der Waals surface area contributed by atoms with E-state index >= 15 is 0 Å². The van der Waals surface area contributed by atoms with E-state index in [1.165, 1.54) is 5.56 Å². The van der Waals surface area contributed by atoms with Crippen LogP contribution in [-0.2, 0) is 0 Å². The van der Waals surface area contributed by atoms with Crippen molar-refractivity contribution in [3.63, 3.8) is 0 Å². The summed E-state index contributed by atoms with van der Waals surface area (Å²) in [5.74, 6) is 0.697. The van der Waals surface area contributed by atoms with Crippen LogP contribution in [0.5, 0.6) is 0 Å². The molecule has 0 radical (unpaired) electrons. The minimum atomic E-state index is 0.128. The van der Waals surface area contributed by atoms with E-state index in [4.69, 9.17) is 17.3 Å². The number of nitrogens with two attached hydrogens (primary N) is 1. The number of rotatable bonds is 2. The molecule has 2 N–H and O–H groups in total. The lowest BCUT2D eigenvalue weighted by Gasteiger charge is -2.23. The van der Waals surface area contributed by atoms with Crippen LogP contribution < -0.4 is 5.73 Å². The Morgan fingerprint density at radius 3 is 2.57 bits per heavy atom. The van der Waals surface area contributed by atoms with Crippen LogP contribution in [0.3, 0.4) is 0 Å². The summed E-state index contributed by atoms with van der Waals surface area (Å²) in [5.41, 5.74) is 10.2. The monoisotopic (exact) mass is 297 g/mol. The number of aryl methyl sites for hydroxylation is 1. The summed E-state index contributed by atoms with van der Waals surface area (Å²) in [6.07, 6.45) is 0.685. The molecular weight excluding hydrogens is 282 g/mol. The Hall–Kier alpha value is -2.13. The summed E-state index contributed by atoms with van der Waals surface area (Å²) < 4.78 is 0. The van der Waals surface area contributed by atoms with Crippen LogP contribution in [0.2, 0.25) is 5.02 Å². The van der Waals surface area contributed by atoms with Crippen molar-refractivity contribution in [1.82, 2.24) is 0 Å². The quantitative estimate of drug-likeness (QED) is 0.898. The largest absolute Gasteiger partial charge is 0.386 e. The standard InChI is InChI=1S/C17H16ClN3/c1-11-9-13(18)7-8-14(11)17-15(10-16(19)20-21-17)12-5-3-2-4-6-12/h2-9,15H,10H2,1H3,(H2,19,20). The van der Waals surface area contributed by atoms with Gasteiger partial charge < -0.3 is 5.73 Å². The molecule has 1 aliphatic heterocycles. The Kier molecular flexibility index (Phi) is 3.76. The fourth-order valence-electron chi connectivity index (χ4n) is 2.65. The molecule has 0 bridgehead atoms. The Bertz CT molecular complexity index is 720. The zero-order chi connectivity index (χ0) is 14.8. The van der Waals surface area contributed by atoms with Crippen molar-refractivity contribution in [3.05, 3.63) is 70.2 Å². The predicted octanol–water partition coefficient (Wildman–Crippen LogP) is 3.90. The summed E-state index contributed by atoms with van der Waals surface area (Å²) in [6, 6.07) is 16.1. The minimum Gasteiger partial charge on any atom is -0.386 e. The van der Waals surface area contributed by atoms with Crippen molar-refractivity contribution in [2.75, 3.05) is 0 Å². The van der Waals surface area contributed by atoms with E-state index in [0.717, 1.165) is 21.9 Å². The fraction of sp³-hybridized carbons (Fsp3) is 0.176. The molecule has 1 aliphatic rings. The smallest absolute Gasteiger partial charge is 0.123 e. The third kappa shape index (κ3) is 2.83. The van der Waals surface area contributed by atoms with E-state index < -0.39 is 0 Å². The Balaban J connectivity index is 2.08. The summed E-state index contributed by atoms with van der Waals surface area (Å²) in [7, 11) is 0. The molecule has 3 nitrogen and oxygen atoms in total. The lowest BCUT2D eigenvalue weighted by Crippen LogP contribution is -2.26. The van der Waals surface area contributed by atoms with Gasteiger partial charge in [-0.2, -0.15) is 5.10 Å². The van der Waals surface area contributed by atoms with Gasteiger partial charge in [0.05, 0.1) is 5.71 Å². The maximum atomic E-state index is 6.05. The number of nitrogens with zero attached hydrogens (tertiary/aromatic N) is 2. The summed E-state index contributed by atoms with van der Waals surface area (Å²) >= 11 is 6.05. The first kappa shape index (κ1) is 13.8. The molecule has 0 aliphatic carbocycles. The van der Waals surface area contributed by atoms with E-state index in [9.17, 15) is 0 Å². The van der Waals surface area contributed by atoms with Gasteiger partial charge in [0.1, 0.15) is 5.84 Å². The maximum absolute atomic E-state index is 6.05. The molecule has 2 aromatic carbocycles. The van der Waals surface area contributed by atoms with Crippen LogP contribution in [-0.4, -0.2) is 11.5 Å². The van der Waals surface area contributed by atoms with Gasteiger partial charge in [-0.1, -0.05) is 48.0 Å². The molecule has 0 aromatic heterocycles. The normalized spacial score (nSPS) is 18.1. The van der Waals surface area contributed by atoms with Gasteiger partial charge in [-0.25, -0.2) is 0 Å². The molecule has 21 heavy (non-hydrogen) atoms. The van der Waals surface area contributed by atoms with Gasteiger partial charge in [0.2, 0.25) is 0 Å². The predicted molar refractivity (Wildman–Crippen MR) is 88.1 cm³/mol. The highest BCUT2D eigenvalue weighted by Crippen LogP contribution is 2.30. The third-order valence-corrected chi connectivity index (χ3v) is 3.93. The zero-order valence-electron chi connectivity index (χ0n) is 11.8. The van der Waals surface area contributed by atoms with Gasteiger partial charge >= 0.3 is 0 Å². The number of hydrogen-bond acceptors (Lipinski definition) is 3. The average molecular weight is 298 g/mol. The molecule has 1 heterocycles. The zero-order valence-corrected chi connectivity index (χ0v) is 12.5. The van der Waals surface area contributed by atoms with Crippen LogP contribution in [0.1, 0.15) is 29.0 Å². The molecule has 0 amide bonds. The summed E-state index contributed by atoms with van der Waals surface area (Å²) in [6.45, 7) is 2.04. The molecule has 1 atom stereocenters. The van der Waals surface area contributed by atoms with Crippen molar-refractivity contribution in [2.45, 2.75) is 19.3 Å². The van der Waals surface area contributed by atoms with Gasteiger partial charge in [-0.05, 0) is 30.2 Å². The maximum Gasteiger partial charge on any atom is 0.123 e. The third-order valence-electron chi connectivity index (χ3n) is 3.70. The van der Waals surface area contributed by atoms with Crippen molar-refractivity contribution in [1.29, 1.82) is 0 Å². The van der Waals surface area contributed by atoms with Crippen molar-refractivity contribution in [3.8, 4) is 0 Å². The Morgan fingerprint density at radius 2 is 1.86 bits per heavy atom. The number of amidine groups is 1. The highest BCUT2D eigenvalue weighted by atomic mass is 35.5. The topological polar surface area (TPSA) is 50.7 Å². The highest BCUT2D eigenvalue weighted by molar-refractivity contribution is 6.30. The van der Waals surface area contributed by atoms with Crippen LogP contribution in [0.25, 0.3) is 0 Å². The average Bonchev–Trinajstić information content (AvgIpc) is 2.49. The van der Waals surface area contributed by atoms with Gasteiger partial charge in [0.15, 0.2) is 0 Å². The molecular formula is C17H16ClN3. The number of hydrogen-bond donors (Lipinski definition) is 1. The lowest BCUT2D eigenvalue weighted by atomic mass is 9.85. The van der Waals surface area contributed by atoms with E-state index in [2.05, 4.69) is 22.3 Å². The van der Waals surface area contributed by atoms with Crippen molar-refractivity contribution >= 4 is 23.1 Å².